The molecule has 0 heterocycles. The Bertz CT molecular complexity index is 413. The minimum absolute atomic E-state index is 0.288. The molecule has 4 N–H and O–H groups in total. The van der Waals surface area contributed by atoms with E-state index in [1.165, 1.54) is 0 Å². The van der Waals surface area contributed by atoms with Gasteiger partial charge in [0.15, 0.2) is 0 Å². The second-order valence-electron chi connectivity index (χ2n) is 2.96. The molecular weight excluding hydrogens is 262 g/mol. The van der Waals surface area contributed by atoms with Gasteiger partial charge < -0.3 is 15.3 Å². The van der Waals surface area contributed by atoms with Crippen LogP contribution in [0.2, 0.25) is 0 Å². The van der Waals surface area contributed by atoms with Gasteiger partial charge in [0, 0.05) is 6.54 Å². The number of carboxylic acids is 1. The Kier molecular flexibility index (Phi) is 4.85. The van der Waals surface area contributed by atoms with E-state index in [1.807, 2.05) is 0 Å². The normalized spacial score (nSPS) is 12.8. The van der Waals surface area contributed by atoms with Crippen LogP contribution in [0.3, 0.4) is 0 Å². The number of nitrogens with zero attached hydrogens (tertiary/aromatic N) is 1. The maximum atomic E-state index is 10.6. The van der Waals surface area contributed by atoms with Crippen LogP contribution >= 0.6 is 0 Å². The van der Waals surface area contributed by atoms with E-state index in [2.05, 4.69) is 0 Å². The second-order valence-corrected chi connectivity index (χ2v) is 4.46. The molecule has 0 aliphatic carbocycles. The molecule has 0 saturated heterocycles. The number of hydrogen-bond donors (Lipinski definition) is 4. The second kappa shape index (κ2) is 5.45. The summed E-state index contributed by atoms with van der Waals surface area (Å²) in [7, 11) is -4.66. The van der Waals surface area contributed by atoms with Crippen molar-refractivity contribution < 1.29 is 42.7 Å². The van der Waals surface area contributed by atoms with E-state index in [4.69, 9.17) is 19.9 Å². The van der Waals surface area contributed by atoms with E-state index in [1.54, 1.807) is 0 Å². The molecular formula is C6H9NO9S. The summed E-state index contributed by atoms with van der Waals surface area (Å²) in [6.45, 7) is -1.10. The van der Waals surface area contributed by atoms with Gasteiger partial charge in [0.1, 0.15) is 0 Å². The summed E-state index contributed by atoms with van der Waals surface area (Å²) in [6, 6.07) is 0. The van der Waals surface area contributed by atoms with Crippen LogP contribution in [0.1, 0.15) is 0 Å². The van der Waals surface area contributed by atoms with Crippen molar-refractivity contribution >= 4 is 28.3 Å². The summed E-state index contributed by atoms with van der Waals surface area (Å²) in [4.78, 5) is 31.1. The Morgan fingerprint density at radius 2 is 1.47 bits per heavy atom. The van der Waals surface area contributed by atoms with Crippen LogP contribution in [0.5, 0.6) is 0 Å². The molecule has 0 rings (SSSR count). The third-order valence-electron chi connectivity index (χ3n) is 1.63. The lowest BCUT2D eigenvalue weighted by molar-refractivity contribution is -0.141. The van der Waals surface area contributed by atoms with Gasteiger partial charge >= 0.3 is 18.2 Å². The van der Waals surface area contributed by atoms with Gasteiger partial charge in [-0.3, -0.25) is 9.35 Å². The largest absolute Gasteiger partial charge is 0.481 e. The Labute approximate surface area is 94.8 Å². The number of carboxylic acid groups (broad SMARTS) is 3. The smallest absolute Gasteiger partial charge is 0.416 e. The molecule has 11 heteroatoms. The third kappa shape index (κ3) is 5.67. The van der Waals surface area contributed by atoms with Gasteiger partial charge in [-0.15, -0.1) is 0 Å². The Morgan fingerprint density at radius 1 is 1.06 bits per heavy atom. The van der Waals surface area contributed by atoms with E-state index in [0.717, 1.165) is 0 Å². The number of hydrogen-bond acceptors (Lipinski definition) is 5. The highest BCUT2D eigenvalue weighted by Gasteiger charge is 2.31. The zero-order chi connectivity index (χ0) is 13.8. The Hall–Kier alpha value is -1.88. The molecule has 0 aromatic rings. The quantitative estimate of drug-likeness (QED) is 0.469. The first kappa shape index (κ1) is 15.1. The summed E-state index contributed by atoms with van der Waals surface area (Å²) in [5, 5.41) is 25.4. The highest BCUT2D eigenvalue weighted by atomic mass is 32.2. The lowest BCUT2D eigenvalue weighted by Crippen LogP contribution is -2.42. The molecule has 0 aromatic heterocycles. The number of carbonyl (C=O) groups is 3. The number of imide groups is 1. The van der Waals surface area contributed by atoms with Gasteiger partial charge in [-0.05, 0) is 0 Å². The van der Waals surface area contributed by atoms with Gasteiger partial charge in [-0.25, -0.2) is 14.5 Å². The van der Waals surface area contributed by atoms with Crippen molar-refractivity contribution in [3.8, 4) is 0 Å². The molecule has 0 aromatic carbocycles. The zero-order valence-corrected chi connectivity index (χ0v) is 8.99. The zero-order valence-electron chi connectivity index (χ0n) is 8.18. The predicted octanol–water partition coefficient (Wildman–Crippen LogP) is -0.767. The van der Waals surface area contributed by atoms with Crippen molar-refractivity contribution in [1.29, 1.82) is 0 Å². The van der Waals surface area contributed by atoms with Crippen LogP contribution in [0.15, 0.2) is 0 Å². The first-order chi connectivity index (χ1) is 7.54. The van der Waals surface area contributed by atoms with Crippen LogP contribution in [-0.2, 0) is 14.9 Å². The van der Waals surface area contributed by atoms with Crippen molar-refractivity contribution in [3.05, 3.63) is 0 Å². The minimum atomic E-state index is -4.66. The van der Waals surface area contributed by atoms with Crippen LogP contribution in [0.4, 0.5) is 9.59 Å². The number of aliphatic carboxylic acids is 1. The molecule has 17 heavy (non-hydrogen) atoms. The molecule has 0 spiro atoms. The highest BCUT2D eigenvalue weighted by Crippen LogP contribution is 2.06. The van der Waals surface area contributed by atoms with Gasteiger partial charge in [0.05, 0.1) is 11.7 Å². The predicted molar refractivity (Wildman–Crippen MR) is 50.3 cm³/mol. The third-order valence-corrected chi connectivity index (χ3v) is 2.45. The van der Waals surface area contributed by atoms with Crippen LogP contribution < -0.4 is 0 Å². The van der Waals surface area contributed by atoms with Gasteiger partial charge in [-0.2, -0.15) is 8.42 Å². The van der Waals surface area contributed by atoms with E-state index in [-0.39, 0.29) is 4.90 Å². The summed E-state index contributed by atoms with van der Waals surface area (Å²) in [6.07, 6.45) is -3.89. The summed E-state index contributed by atoms with van der Waals surface area (Å²) >= 11 is 0. The Balaban J connectivity index is 4.93. The molecule has 2 amide bonds. The minimum Gasteiger partial charge on any atom is -0.481 e. The van der Waals surface area contributed by atoms with Crippen molar-refractivity contribution in [2.45, 2.75) is 0 Å². The summed E-state index contributed by atoms with van der Waals surface area (Å²) in [5.41, 5.74) is 0. The molecule has 0 saturated carbocycles. The SMILES string of the molecule is O=C(O)C(CN(C(=O)O)C(=O)O)CS(=O)(=O)O. The van der Waals surface area contributed by atoms with Crippen LogP contribution in [0, 0.1) is 5.92 Å². The first-order valence-corrected chi connectivity index (χ1v) is 5.57. The van der Waals surface area contributed by atoms with Crippen molar-refractivity contribution in [2.24, 2.45) is 5.92 Å². The Morgan fingerprint density at radius 3 is 1.71 bits per heavy atom. The maximum Gasteiger partial charge on any atom is 0.416 e. The topological polar surface area (TPSA) is 170 Å². The molecule has 1 unspecified atom stereocenters. The van der Waals surface area contributed by atoms with Crippen LogP contribution in [-0.4, -0.2) is 63.6 Å². The number of rotatable bonds is 5. The average Bonchev–Trinajstić information content (AvgIpc) is 2.08. The molecule has 0 aliphatic heterocycles. The molecule has 0 radical (unpaired) electrons. The van der Waals surface area contributed by atoms with E-state index < -0.39 is 46.5 Å². The molecule has 1 atom stereocenters. The van der Waals surface area contributed by atoms with Gasteiger partial charge in [0.2, 0.25) is 0 Å². The summed E-state index contributed by atoms with van der Waals surface area (Å²) in [5.74, 6) is -4.90. The van der Waals surface area contributed by atoms with Gasteiger partial charge in [-0.1, -0.05) is 0 Å². The van der Waals surface area contributed by atoms with E-state index in [0.29, 0.717) is 0 Å². The molecule has 0 aliphatic rings. The number of amides is 2. The highest BCUT2D eigenvalue weighted by molar-refractivity contribution is 7.85. The monoisotopic (exact) mass is 271 g/mol. The molecule has 0 bridgehead atoms. The lowest BCUT2D eigenvalue weighted by atomic mass is 10.2. The molecule has 0 fully saturated rings. The van der Waals surface area contributed by atoms with Crippen molar-refractivity contribution in [3.63, 3.8) is 0 Å². The standard InChI is InChI=1S/C6H9NO9S/c8-4(9)3(2-17(14,15)16)1-7(5(10)11)6(12)13/h3H,1-2H2,(H,8,9)(H,10,11)(H,12,13)(H,14,15,16). The van der Waals surface area contributed by atoms with E-state index in [9.17, 15) is 22.8 Å². The maximum absolute atomic E-state index is 10.6. The fourth-order valence-corrected chi connectivity index (χ4v) is 1.67. The van der Waals surface area contributed by atoms with E-state index >= 15 is 0 Å². The summed E-state index contributed by atoms with van der Waals surface area (Å²) < 4.78 is 29.3. The molecule has 98 valence electrons. The lowest BCUT2D eigenvalue weighted by Gasteiger charge is -2.17. The molecule has 10 nitrogen and oxygen atoms in total. The average molecular weight is 271 g/mol. The van der Waals surface area contributed by atoms with Gasteiger partial charge in [0.25, 0.3) is 10.1 Å². The van der Waals surface area contributed by atoms with Crippen molar-refractivity contribution in [2.75, 3.05) is 12.3 Å². The van der Waals surface area contributed by atoms with Crippen molar-refractivity contribution in [1.82, 2.24) is 4.90 Å². The first-order valence-electron chi connectivity index (χ1n) is 3.96. The fraction of sp³-hybridized carbons (Fsp3) is 0.500. The van der Waals surface area contributed by atoms with Crippen LogP contribution in [0.25, 0.3) is 0 Å². The fourth-order valence-electron chi connectivity index (χ4n) is 0.915.